The molecule has 2 amide bonds. The first-order valence-electron chi connectivity index (χ1n) is 9.70. The molecule has 0 saturated carbocycles. The molecule has 0 heterocycles. The Morgan fingerprint density at radius 2 is 1.60 bits per heavy atom. The molecule has 0 saturated heterocycles. The van der Waals surface area contributed by atoms with Crippen molar-refractivity contribution in [1.29, 1.82) is 0 Å². The number of carbonyl (C=O) groups is 3. The number of carboxylic acids is 1. The lowest BCUT2D eigenvalue weighted by atomic mass is 9.98. The zero-order chi connectivity index (χ0) is 21.7. The summed E-state index contributed by atoms with van der Waals surface area (Å²) in [6.07, 6.45) is -0.936. The minimum atomic E-state index is -1.72. The Hall–Kier alpha value is -3.23. The molecule has 1 atom stereocenters. The van der Waals surface area contributed by atoms with E-state index in [1.165, 1.54) is 0 Å². The number of amides is 2. The zero-order valence-electron chi connectivity index (χ0n) is 16.4. The van der Waals surface area contributed by atoms with Gasteiger partial charge in [0.15, 0.2) is 6.04 Å². The van der Waals surface area contributed by atoms with Crippen molar-refractivity contribution < 1.29 is 29.3 Å². The molecule has 1 aliphatic carbocycles. The topological polar surface area (TPSA) is 130 Å². The van der Waals surface area contributed by atoms with Gasteiger partial charge >= 0.3 is 12.1 Å². The standard InChI is InChI=1S/C22H24N2O6/c23-11-5-10-20(26)24(19(12-25)21(27)28)22(29)30-13-18-16-8-3-1-6-14(16)15-7-2-4-9-17(15)18/h1-4,6-9,18-19,25H,5,10-13,23H2,(H,27,28)/t19-/m0/s1. The smallest absolute Gasteiger partial charge is 0.417 e. The van der Waals surface area contributed by atoms with E-state index in [0.717, 1.165) is 22.3 Å². The summed E-state index contributed by atoms with van der Waals surface area (Å²) in [6, 6.07) is 13.8. The number of rotatable bonds is 8. The molecule has 0 fully saturated rings. The van der Waals surface area contributed by atoms with Crippen LogP contribution in [0.3, 0.4) is 0 Å². The second-order valence-electron chi connectivity index (χ2n) is 7.00. The quantitative estimate of drug-likeness (QED) is 0.604. The van der Waals surface area contributed by atoms with Crippen molar-refractivity contribution in [3.8, 4) is 11.1 Å². The van der Waals surface area contributed by atoms with Crippen LogP contribution in [0.2, 0.25) is 0 Å². The summed E-state index contributed by atoms with van der Waals surface area (Å²) in [4.78, 5) is 37.1. The Balaban J connectivity index is 1.81. The second-order valence-corrected chi connectivity index (χ2v) is 7.00. The van der Waals surface area contributed by atoms with Gasteiger partial charge in [-0.25, -0.2) is 14.5 Å². The SMILES string of the molecule is NCCCC(=O)N(C(=O)OCC1c2ccccc2-c2ccccc21)[C@@H](CO)C(=O)O. The molecule has 0 bridgehead atoms. The van der Waals surface area contributed by atoms with Crippen LogP contribution >= 0.6 is 0 Å². The van der Waals surface area contributed by atoms with Gasteiger partial charge in [0.25, 0.3) is 0 Å². The predicted molar refractivity (Wildman–Crippen MR) is 109 cm³/mol. The first-order chi connectivity index (χ1) is 14.5. The minimum Gasteiger partial charge on any atom is -0.480 e. The Morgan fingerprint density at radius 3 is 2.10 bits per heavy atom. The van der Waals surface area contributed by atoms with Crippen LogP contribution in [0.5, 0.6) is 0 Å². The van der Waals surface area contributed by atoms with Crippen molar-refractivity contribution in [3.63, 3.8) is 0 Å². The van der Waals surface area contributed by atoms with Crippen LogP contribution in [-0.2, 0) is 14.3 Å². The van der Waals surface area contributed by atoms with E-state index < -0.39 is 30.6 Å². The molecule has 0 unspecified atom stereocenters. The lowest BCUT2D eigenvalue weighted by Crippen LogP contribution is -2.51. The number of ether oxygens (including phenoxy) is 1. The van der Waals surface area contributed by atoms with Crippen molar-refractivity contribution in [2.24, 2.45) is 5.73 Å². The van der Waals surface area contributed by atoms with Crippen molar-refractivity contribution >= 4 is 18.0 Å². The van der Waals surface area contributed by atoms with Gasteiger partial charge in [-0.15, -0.1) is 0 Å². The summed E-state index contributed by atoms with van der Waals surface area (Å²) in [5.41, 5.74) is 9.47. The number of nitrogens with zero attached hydrogens (tertiary/aromatic N) is 1. The highest BCUT2D eigenvalue weighted by Gasteiger charge is 2.36. The number of carboxylic acid groups (broad SMARTS) is 1. The van der Waals surface area contributed by atoms with E-state index in [-0.39, 0.29) is 31.9 Å². The van der Waals surface area contributed by atoms with Crippen molar-refractivity contribution in [2.45, 2.75) is 24.8 Å². The number of nitrogens with two attached hydrogens (primary N) is 1. The number of aliphatic carboxylic acids is 1. The number of carbonyl (C=O) groups excluding carboxylic acids is 2. The summed E-state index contributed by atoms with van der Waals surface area (Å²) >= 11 is 0. The summed E-state index contributed by atoms with van der Waals surface area (Å²) in [7, 11) is 0. The number of benzene rings is 2. The van der Waals surface area contributed by atoms with Crippen molar-refractivity contribution in [2.75, 3.05) is 19.8 Å². The average molecular weight is 412 g/mol. The molecule has 30 heavy (non-hydrogen) atoms. The fourth-order valence-corrected chi connectivity index (χ4v) is 3.71. The Bertz CT molecular complexity index is 899. The van der Waals surface area contributed by atoms with Gasteiger partial charge in [0, 0.05) is 12.3 Å². The van der Waals surface area contributed by atoms with Gasteiger partial charge in [0.1, 0.15) is 6.61 Å². The van der Waals surface area contributed by atoms with E-state index in [9.17, 15) is 24.6 Å². The average Bonchev–Trinajstić information content (AvgIpc) is 3.07. The molecule has 0 aliphatic heterocycles. The lowest BCUT2D eigenvalue weighted by molar-refractivity contribution is -0.150. The molecule has 4 N–H and O–H groups in total. The third-order valence-electron chi connectivity index (χ3n) is 5.17. The van der Waals surface area contributed by atoms with Gasteiger partial charge in [0.2, 0.25) is 5.91 Å². The van der Waals surface area contributed by atoms with Gasteiger partial charge < -0.3 is 20.7 Å². The maximum atomic E-state index is 12.7. The summed E-state index contributed by atoms with van der Waals surface area (Å²) in [5.74, 6) is -2.48. The Morgan fingerprint density at radius 1 is 1.03 bits per heavy atom. The van der Waals surface area contributed by atoms with Crippen LogP contribution in [0.25, 0.3) is 11.1 Å². The summed E-state index contributed by atoms with van der Waals surface area (Å²) in [6.45, 7) is -0.764. The summed E-state index contributed by atoms with van der Waals surface area (Å²) < 4.78 is 5.40. The van der Waals surface area contributed by atoms with Gasteiger partial charge in [0.05, 0.1) is 6.61 Å². The number of aliphatic hydroxyl groups is 1. The molecule has 1 aliphatic rings. The van der Waals surface area contributed by atoms with E-state index in [2.05, 4.69) is 0 Å². The lowest BCUT2D eigenvalue weighted by Gasteiger charge is -2.26. The molecule has 0 aromatic heterocycles. The second kappa shape index (κ2) is 9.51. The molecule has 2 aromatic rings. The third-order valence-corrected chi connectivity index (χ3v) is 5.17. The van der Waals surface area contributed by atoms with Crippen LogP contribution in [-0.4, -0.2) is 58.9 Å². The molecular weight excluding hydrogens is 388 g/mol. The highest BCUT2D eigenvalue weighted by atomic mass is 16.6. The molecule has 8 nitrogen and oxygen atoms in total. The van der Waals surface area contributed by atoms with Crippen LogP contribution in [0.1, 0.15) is 29.9 Å². The van der Waals surface area contributed by atoms with Gasteiger partial charge in [-0.2, -0.15) is 0 Å². The molecule has 0 spiro atoms. The number of fused-ring (bicyclic) bond motifs is 3. The van der Waals surface area contributed by atoms with Crippen LogP contribution < -0.4 is 5.73 Å². The molecule has 158 valence electrons. The molecule has 3 rings (SSSR count). The number of hydrogen-bond acceptors (Lipinski definition) is 6. The van der Waals surface area contributed by atoms with E-state index in [4.69, 9.17) is 10.5 Å². The Labute approximate surface area is 173 Å². The van der Waals surface area contributed by atoms with E-state index in [1.54, 1.807) is 0 Å². The monoisotopic (exact) mass is 412 g/mol. The minimum absolute atomic E-state index is 0.0642. The van der Waals surface area contributed by atoms with Crippen molar-refractivity contribution in [3.05, 3.63) is 59.7 Å². The Kier molecular flexibility index (Phi) is 6.81. The first kappa shape index (κ1) is 21.5. The fourth-order valence-electron chi connectivity index (χ4n) is 3.71. The van der Waals surface area contributed by atoms with Crippen LogP contribution in [0, 0.1) is 0 Å². The van der Waals surface area contributed by atoms with E-state index >= 15 is 0 Å². The highest BCUT2D eigenvalue weighted by Crippen LogP contribution is 2.44. The molecule has 2 aromatic carbocycles. The maximum absolute atomic E-state index is 12.7. The van der Waals surface area contributed by atoms with Crippen molar-refractivity contribution in [1.82, 2.24) is 4.90 Å². The van der Waals surface area contributed by atoms with E-state index in [1.807, 2.05) is 48.5 Å². The number of aliphatic hydroxyl groups excluding tert-OH is 1. The molecule has 0 radical (unpaired) electrons. The van der Waals surface area contributed by atoms with E-state index in [0.29, 0.717) is 4.90 Å². The predicted octanol–water partition coefficient (Wildman–Crippen LogP) is 1.95. The normalized spacial score (nSPS) is 13.3. The fraction of sp³-hybridized carbons (Fsp3) is 0.318. The summed E-state index contributed by atoms with van der Waals surface area (Å²) in [5, 5.41) is 18.7. The molecular formula is C22H24N2O6. The number of imide groups is 1. The van der Waals surface area contributed by atoms with Crippen LogP contribution in [0.15, 0.2) is 48.5 Å². The first-order valence-corrected chi connectivity index (χ1v) is 9.70. The maximum Gasteiger partial charge on any atom is 0.417 e. The largest absolute Gasteiger partial charge is 0.480 e. The van der Waals surface area contributed by atoms with Gasteiger partial charge in [-0.1, -0.05) is 48.5 Å². The zero-order valence-corrected chi connectivity index (χ0v) is 16.4. The van der Waals surface area contributed by atoms with Crippen LogP contribution in [0.4, 0.5) is 4.79 Å². The highest BCUT2D eigenvalue weighted by molar-refractivity contribution is 5.96. The molecule has 8 heteroatoms. The number of hydrogen-bond donors (Lipinski definition) is 3. The van der Waals surface area contributed by atoms with Gasteiger partial charge in [-0.05, 0) is 35.2 Å². The third kappa shape index (κ3) is 4.19. The van der Waals surface area contributed by atoms with Gasteiger partial charge in [-0.3, -0.25) is 4.79 Å².